The molecule has 8 heteroatoms. The molecule has 4 rings (SSSR count). The maximum Gasteiger partial charge on any atom is 0.251 e. The maximum atomic E-state index is 12.3. The Hall–Kier alpha value is -2.48. The highest BCUT2D eigenvalue weighted by Crippen LogP contribution is 2.35. The molecule has 1 fully saturated rings. The van der Waals surface area contributed by atoms with Crippen LogP contribution < -0.4 is 10.2 Å². The van der Waals surface area contributed by atoms with Gasteiger partial charge < -0.3 is 10.2 Å². The second-order valence-corrected chi connectivity index (χ2v) is 9.14. The Labute approximate surface area is 190 Å². The van der Waals surface area contributed by atoms with E-state index in [9.17, 15) is 9.59 Å². The van der Waals surface area contributed by atoms with E-state index in [4.69, 9.17) is 16.6 Å². The van der Waals surface area contributed by atoms with Crippen molar-refractivity contribution in [1.82, 2.24) is 15.2 Å². The number of aryl methyl sites for hydroxylation is 1. The molecule has 1 aliphatic rings. The van der Waals surface area contributed by atoms with Gasteiger partial charge in [-0.1, -0.05) is 41.1 Å². The van der Waals surface area contributed by atoms with Crippen LogP contribution in [0.4, 0.5) is 5.13 Å². The molecule has 0 atom stereocenters. The molecule has 0 aliphatic carbocycles. The number of hydrogen-bond donors (Lipinski definition) is 1. The van der Waals surface area contributed by atoms with Crippen molar-refractivity contribution in [3.63, 3.8) is 0 Å². The molecule has 1 amide bonds. The van der Waals surface area contributed by atoms with Gasteiger partial charge in [-0.05, 0) is 37.6 Å². The van der Waals surface area contributed by atoms with E-state index in [-0.39, 0.29) is 11.7 Å². The number of rotatable bonds is 6. The summed E-state index contributed by atoms with van der Waals surface area (Å²) in [5.41, 5.74) is 3.32. The van der Waals surface area contributed by atoms with Crippen LogP contribution in [0.15, 0.2) is 36.4 Å². The van der Waals surface area contributed by atoms with Crippen LogP contribution in [-0.4, -0.2) is 60.8 Å². The van der Waals surface area contributed by atoms with Gasteiger partial charge in [-0.15, -0.1) is 0 Å². The van der Waals surface area contributed by atoms with Crippen molar-refractivity contribution in [2.45, 2.75) is 13.8 Å². The molecule has 1 saturated heterocycles. The molecule has 0 spiro atoms. The van der Waals surface area contributed by atoms with E-state index < -0.39 is 0 Å². The van der Waals surface area contributed by atoms with Crippen LogP contribution in [0, 0.1) is 6.92 Å². The SMILES string of the molecule is CC(=O)c1ccc(C(=O)NCCN2CCN(c3nc4c(C)ccc(Cl)c4s3)CC2)cc1. The van der Waals surface area contributed by atoms with Crippen molar-refractivity contribution in [3.8, 4) is 0 Å². The third-order valence-electron chi connectivity index (χ3n) is 5.60. The quantitative estimate of drug-likeness (QED) is 0.567. The van der Waals surface area contributed by atoms with E-state index in [1.165, 1.54) is 6.92 Å². The number of benzene rings is 2. The van der Waals surface area contributed by atoms with Crippen LogP contribution in [-0.2, 0) is 0 Å². The second-order valence-electron chi connectivity index (χ2n) is 7.76. The molecule has 2 aromatic carbocycles. The van der Waals surface area contributed by atoms with Crippen molar-refractivity contribution < 1.29 is 9.59 Å². The van der Waals surface area contributed by atoms with Crippen LogP contribution in [0.3, 0.4) is 0 Å². The average molecular weight is 457 g/mol. The van der Waals surface area contributed by atoms with Gasteiger partial charge >= 0.3 is 0 Å². The Morgan fingerprint density at radius 3 is 2.39 bits per heavy atom. The third kappa shape index (κ3) is 4.89. The van der Waals surface area contributed by atoms with Crippen molar-refractivity contribution >= 4 is 50.0 Å². The number of piperazine rings is 1. The summed E-state index contributed by atoms with van der Waals surface area (Å²) in [7, 11) is 0. The molecule has 3 aromatic rings. The number of nitrogens with zero attached hydrogens (tertiary/aromatic N) is 3. The smallest absolute Gasteiger partial charge is 0.251 e. The van der Waals surface area contributed by atoms with Crippen LogP contribution >= 0.6 is 22.9 Å². The summed E-state index contributed by atoms with van der Waals surface area (Å²) in [5, 5.41) is 4.74. The molecule has 0 radical (unpaired) electrons. The standard InChI is InChI=1S/C23H25ClN4O2S/c1-15-3-8-19(24)21-20(15)26-23(31-21)28-13-11-27(12-14-28)10-9-25-22(30)18-6-4-17(5-7-18)16(2)29/h3-8H,9-14H2,1-2H3,(H,25,30). The molecule has 1 aromatic heterocycles. The summed E-state index contributed by atoms with van der Waals surface area (Å²) in [6.07, 6.45) is 0. The highest BCUT2D eigenvalue weighted by atomic mass is 35.5. The van der Waals surface area contributed by atoms with Gasteiger partial charge in [-0.2, -0.15) is 0 Å². The van der Waals surface area contributed by atoms with Crippen molar-refractivity contribution in [1.29, 1.82) is 0 Å². The maximum absolute atomic E-state index is 12.3. The normalized spacial score (nSPS) is 14.7. The zero-order chi connectivity index (χ0) is 22.0. The van der Waals surface area contributed by atoms with Gasteiger partial charge in [0.2, 0.25) is 0 Å². The number of anilines is 1. The lowest BCUT2D eigenvalue weighted by molar-refractivity contribution is 0.0945. The fraction of sp³-hybridized carbons (Fsp3) is 0.348. The van der Waals surface area contributed by atoms with Gasteiger partial charge in [0.25, 0.3) is 5.91 Å². The van der Waals surface area contributed by atoms with E-state index in [1.807, 2.05) is 12.1 Å². The lowest BCUT2D eigenvalue weighted by atomic mass is 10.1. The molecule has 0 saturated carbocycles. The molecule has 31 heavy (non-hydrogen) atoms. The van der Waals surface area contributed by atoms with Crippen molar-refractivity contribution in [3.05, 3.63) is 58.1 Å². The minimum Gasteiger partial charge on any atom is -0.351 e. The Morgan fingerprint density at radius 1 is 1.06 bits per heavy atom. The first kappa shape index (κ1) is 21.7. The van der Waals surface area contributed by atoms with E-state index >= 15 is 0 Å². The first-order valence-electron chi connectivity index (χ1n) is 10.3. The van der Waals surface area contributed by atoms with Gasteiger partial charge in [0.05, 0.1) is 15.2 Å². The number of amides is 1. The van der Waals surface area contributed by atoms with E-state index in [2.05, 4.69) is 22.0 Å². The molecule has 2 heterocycles. The molecule has 6 nitrogen and oxygen atoms in total. The first-order chi connectivity index (χ1) is 14.9. The van der Waals surface area contributed by atoms with Crippen LogP contribution in [0.25, 0.3) is 10.2 Å². The number of nitrogens with one attached hydrogen (secondary N) is 1. The predicted molar refractivity (Wildman–Crippen MR) is 127 cm³/mol. The van der Waals surface area contributed by atoms with Gasteiger partial charge in [0.1, 0.15) is 0 Å². The minimum atomic E-state index is -0.115. The summed E-state index contributed by atoms with van der Waals surface area (Å²) in [6, 6.07) is 10.7. The van der Waals surface area contributed by atoms with Gasteiger partial charge in [0.15, 0.2) is 10.9 Å². The highest BCUT2D eigenvalue weighted by molar-refractivity contribution is 7.22. The highest BCUT2D eigenvalue weighted by Gasteiger charge is 2.21. The number of fused-ring (bicyclic) bond motifs is 1. The summed E-state index contributed by atoms with van der Waals surface area (Å²) < 4.78 is 1.05. The number of Topliss-reactive ketones (excluding diaryl/α,β-unsaturated/α-hetero) is 1. The van der Waals surface area contributed by atoms with Crippen LogP contribution in [0.1, 0.15) is 33.2 Å². The Kier molecular flexibility index (Phi) is 6.55. The topological polar surface area (TPSA) is 65.5 Å². The van der Waals surface area contributed by atoms with Crippen molar-refractivity contribution in [2.75, 3.05) is 44.2 Å². The predicted octanol–water partition coefficient (Wildman–Crippen LogP) is 4.01. The van der Waals surface area contributed by atoms with Crippen molar-refractivity contribution in [2.24, 2.45) is 0 Å². The fourth-order valence-corrected chi connectivity index (χ4v) is 5.04. The monoisotopic (exact) mass is 456 g/mol. The average Bonchev–Trinajstić information content (AvgIpc) is 3.24. The third-order valence-corrected chi connectivity index (χ3v) is 7.17. The Morgan fingerprint density at radius 2 is 1.74 bits per heavy atom. The number of ketones is 1. The van der Waals surface area contributed by atoms with Crippen LogP contribution in [0.2, 0.25) is 5.02 Å². The zero-order valence-electron chi connectivity index (χ0n) is 17.7. The lowest BCUT2D eigenvalue weighted by Crippen LogP contribution is -2.48. The number of hydrogen-bond acceptors (Lipinski definition) is 6. The molecular weight excluding hydrogens is 432 g/mol. The van der Waals surface area contributed by atoms with Crippen LogP contribution in [0.5, 0.6) is 0 Å². The Balaban J connectivity index is 1.26. The minimum absolute atomic E-state index is 0.00446. The summed E-state index contributed by atoms with van der Waals surface area (Å²) in [4.78, 5) is 33.1. The molecule has 1 aliphatic heterocycles. The van der Waals surface area contributed by atoms with E-state index in [1.54, 1.807) is 35.6 Å². The van der Waals surface area contributed by atoms with E-state index in [0.717, 1.165) is 58.7 Å². The van der Waals surface area contributed by atoms with Gasteiger partial charge in [-0.3, -0.25) is 14.5 Å². The number of thiazole rings is 1. The Bertz CT molecular complexity index is 1070. The molecule has 0 unspecified atom stereocenters. The molecule has 1 N–H and O–H groups in total. The molecular formula is C23H25ClN4O2S. The van der Waals surface area contributed by atoms with Gasteiger partial charge in [-0.25, -0.2) is 4.98 Å². The molecule has 0 bridgehead atoms. The van der Waals surface area contributed by atoms with Gasteiger partial charge in [0, 0.05) is 50.4 Å². The lowest BCUT2D eigenvalue weighted by Gasteiger charge is -2.34. The fourth-order valence-electron chi connectivity index (χ4n) is 3.67. The summed E-state index contributed by atoms with van der Waals surface area (Å²) in [6.45, 7) is 8.61. The largest absolute Gasteiger partial charge is 0.351 e. The van der Waals surface area contributed by atoms with E-state index in [0.29, 0.717) is 17.7 Å². The summed E-state index contributed by atoms with van der Waals surface area (Å²) in [5.74, 6) is -0.120. The second kappa shape index (κ2) is 9.34. The first-order valence-corrected chi connectivity index (χ1v) is 11.5. The number of carbonyl (C=O) groups is 2. The summed E-state index contributed by atoms with van der Waals surface area (Å²) >= 11 is 8.00. The zero-order valence-corrected chi connectivity index (χ0v) is 19.2. The number of carbonyl (C=O) groups excluding carboxylic acids is 2. The number of aromatic nitrogens is 1. The number of halogens is 1. The molecule has 162 valence electrons.